The van der Waals surface area contributed by atoms with Gasteiger partial charge in [0.25, 0.3) is 5.91 Å². The van der Waals surface area contributed by atoms with E-state index in [1.165, 1.54) is 48.2 Å². The Hall–Kier alpha value is -3.34. The first-order valence-corrected chi connectivity index (χ1v) is 13.4. The fourth-order valence-corrected chi connectivity index (χ4v) is 7.61. The number of halogens is 1. The normalized spacial score (nSPS) is 28.4. The van der Waals surface area contributed by atoms with Gasteiger partial charge >= 0.3 is 0 Å². The molecule has 184 valence electrons. The van der Waals surface area contributed by atoms with Gasteiger partial charge < -0.3 is 15.1 Å². The molecule has 0 unspecified atom stereocenters. The molecule has 36 heavy (non-hydrogen) atoms. The summed E-state index contributed by atoms with van der Waals surface area (Å²) >= 11 is 0. The van der Waals surface area contributed by atoms with Gasteiger partial charge in [-0.1, -0.05) is 30.3 Å². The molecule has 0 radical (unpaired) electrons. The topological polar surface area (TPSA) is 35.6 Å². The molecule has 0 spiro atoms. The standard InChI is InChI=1S/C31H32FN3O/c32-24-9-11-25(12-10-24)34-14-16-35(17-15-34)31(36)23-8-13-27-26(19-23)28-21-6-7-22(18-21)29(28)30(33-27)20-4-2-1-3-5-20/h1-5,8-13,19,21-22,28-30,33H,6-7,14-18H2/t21-,22-,28-,29-,30-/m0/s1. The average molecular weight is 482 g/mol. The fraction of sp³-hybridized carbons (Fsp3) is 0.387. The lowest BCUT2D eigenvalue weighted by Crippen LogP contribution is -2.48. The molecule has 4 aliphatic rings. The first kappa shape index (κ1) is 21.9. The lowest BCUT2D eigenvalue weighted by atomic mass is 9.68. The Balaban J connectivity index is 1.13. The minimum Gasteiger partial charge on any atom is -0.378 e. The zero-order valence-electron chi connectivity index (χ0n) is 20.4. The summed E-state index contributed by atoms with van der Waals surface area (Å²) in [6.07, 6.45) is 3.97. The van der Waals surface area contributed by atoms with E-state index >= 15 is 0 Å². The van der Waals surface area contributed by atoms with Gasteiger partial charge in [0, 0.05) is 43.1 Å². The largest absolute Gasteiger partial charge is 0.378 e. The number of fused-ring (bicyclic) bond motifs is 7. The van der Waals surface area contributed by atoms with Gasteiger partial charge in [0.05, 0.1) is 6.04 Å². The summed E-state index contributed by atoms with van der Waals surface area (Å²) in [6.45, 7) is 2.88. The van der Waals surface area contributed by atoms with Crippen LogP contribution in [0.2, 0.25) is 0 Å². The van der Waals surface area contributed by atoms with E-state index in [1.54, 1.807) is 0 Å². The van der Waals surface area contributed by atoms with Crippen molar-refractivity contribution in [1.82, 2.24) is 4.90 Å². The van der Waals surface area contributed by atoms with Crippen LogP contribution in [0.15, 0.2) is 72.8 Å². The minimum absolute atomic E-state index is 0.126. The Morgan fingerprint density at radius 3 is 2.39 bits per heavy atom. The highest BCUT2D eigenvalue weighted by molar-refractivity contribution is 5.95. The predicted octanol–water partition coefficient (Wildman–Crippen LogP) is 6.08. The molecule has 2 aliphatic carbocycles. The second kappa shape index (κ2) is 8.65. The molecule has 3 aromatic rings. The predicted molar refractivity (Wildman–Crippen MR) is 141 cm³/mol. The van der Waals surface area contributed by atoms with E-state index in [1.807, 2.05) is 23.1 Å². The number of amides is 1. The lowest BCUT2D eigenvalue weighted by Gasteiger charge is -2.44. The van der Waals surface area contributed by atoms with Crippen LogP contribution >= 0.6 is 0 Å². The van der Waals surface area contributed by atoms with E-state index in [9.17, 15) is 9.18 Å². The van der Waals surface area contributed by atoms with Crippen LogP contribution in [0.25, 0.3) is 0 Å². The third-order valence-electron chi connectivity index (χ3n) is 9.25. The number of carbonyl (C=O) groups is 1. The summed E-state index contributed by atoms with van der Waals surface area (Å²) in [5.74, 6) is 2.54. The van der Waals surface area contributed by atoms with Gasteiger partial charge in [-0.2, -0.15) is 0 Å². The van der Waals surface area contributed by atoms with Crippen LogP contribution in [-0.2, 0) is 0 Å². The molecule has 5 atom stereocenters. The maximum Gasteiger partial charge on any atom is 0.253 e. The summed E-state index contributed by atoms with van der Waals surface area (Å²) in [5.41, 5.74) is 5.76. The molecule has 2 saturated carbocycles. The van der Waals surface area contributed by atoms with Gasteiger partial charge in [-0.15, -0.1) is 0 Å². The SMILES string of the molecule is O=C(c1ccc2c(c1)[C@@H]1[C@H]3CC[C@@H](C3)[C@@H]1[C@H](c1ccccc1)N2)N1CCN(c2ccc(F)cc2)CC1. The van der Waals surface area contributed by atoms with Crippen molar-refractivity contribution in [3.63, 3.8) is 0 Å². The number of nitrogens with zero attached hydrogens (tertiary/aromatic N) is 2. The second-order valence-electron chi connectivity index (χ2n) is 11.0. The van der Waals surface area contributed by atoms with Crippen LogP contribution in [-0.4, -0.2) is 37.0 Å². The number of carbonyl (C=O) groups excluding carboxylic acids is 1. The Labute approximate surface area is 212 Å². The lowest BCUT2D eigenvalue weighted by molar-refractivity contribution is 0.0746. The molecule has 1 amide bonds. The maximum atomic E-state index is 13.5. The van der Waals surface area contributed by atoms with Crippen molar-refractivity contribution in [3.8, 4) is 0 Å². The van der Waals surface area contributed by atoms with Gasteiger partial charge in [-0.3, -0.25) is 4.79 Å². The monoisotopic (exact) mass is 481 g/mol. The molecule has 7 rings (SSSR count). The van der Waals surface area contributed by atoms with E-state index in [0.29, 0.717) is 31.0 Å². The Morgan fingerprint density at radius 2 is 1.61 bits per heavy atom. The molecular weight excluding hydrogens is 449 g/mol. The zero-order valence-corrected chi connectivity index (χ0v) is 20.4. The van der Waals surface area contributed by atoms with Crippen molar-refractivity contribution in [3.05, 3.63) is 95.3 Å². The number of anilines is 2. The number of piperazine rings is 1. The van der Waals surface area contributed by atoms with E-state index in [-0.39, 0.29) is 11.7 Å². The van der Waals surface area contributed by atoms with Crippen molar-refractivity contribution < 1.29 is 9.18 Å². The molecule has 1 N–H and O–H groups in total. The van der Waals surface area contributed by atoms with Crippen LogP contribution in [0.3, 0.4) is 0 Å². The first-order chi connectivity index (χ1) is 17.7. The molecule has 3 aromatic carbocycles. The summed E-state index contributed by atoms with van der Waals surface area (Å²) in [6, 6.07) is 24.2. The van der Waals surface area contributed by atoms with Crippen LogP contribution in [0.5, 0.6) is 0 Å². The molecule has 2 heterocycles. The minimum atomic E-state index is -0.220. The molecule has 0 aromatic heterocycles. The number of benzene rings is 3. The quantitative estimate of drug-likeness (QED) is 0.492. The Morgan fingerprint density at radius 1 is 0.861 bits per heavy atom. The van der Waals surface area contributed by atoms with Gasteiger partial charge in [0.15, 0.2) is 0 Å². The van der Waals surface area contributed by atoms with Gasteiger partial charge in [0.2, 0.25) is 0 Å². The molecular formula is C31H32FN3O. The zero-order chi connectivity index (χ0) is 24.2. The van der Waals surface area contributed by atoms with E-state index in [4.69, 9.17) is 0 Å². The Bertz CT molecular complexity index is 1270. The van der Waals surface area contributed by atoms with Crippen molar-refractivity contribution in [2.45, 2.75) is 31.2 Å². The first-order valence-electron chi connectivity index (χ1n) is 13.4. The number of rotatable bonds is 3. The Kier molecular flexibility index (Phi) is 5.26. The van der Waals surface area contributed by atoms with Crippen molar-refractivity contribution in [1.29, 1.82) is 0 Å². The maximum absolute atomic E-state index is 13.5. The third kappa shape index (κ3) is 3.59. The van der Waals surface area contributed by atoms with Crippen LogP contribution in [0.1, 0.15) is 52.7 Å². The molecule has 3 fully saturated rings. The summed E-state index contributed by atoms with van der Waals surface area (Å²) < 4.78 is 13.3. The third-order valence-corrected chi connectivity index (χ3v) is 9.25. The highest BCUT2D eigenvalue weighted by atomic mass is 19.1. The molecule has 5 heteroatoms. The van der Waals surface area contributed by atoms with Crippen LogP contribution in [0.4, 0.5) is 15.8 Å². The second-order valence-corrected chi connectivity index (χ2v) is 11.0. The molecule has 2 aliphatic heterocycles. The van der Waals surface area contributed by atoms with Crippen molar-refractivity contribution in [2.24, 2.45) is 17.8 Å². The van der Waals surface area contributed by atoms with E-state index in [0.717, 1.165) is 36.2 Å². The van der Waals surface area contributed by atoms with Crippen molar-refractivity contribution >= 4 is 17.3 Å². The van der Waals surface area contributed by atoms with Gasteiger partial charge in [-0.05, 0) is 96.5 Å². The summed E-state index contributed by atoms with van der Waals surface area (Å²) in [5, 5.41) is 3.88. The van der Waals surface area contributed by atoms with E-state index < -0.39 is 0 Å². The van der Waals surface area contributed by atoms with Gasteiger partial charge in [0.1, 0.15) is 5.82 Å². The molecule has 4 nitrogen and oxygen atoms in total. The molecule has 1 saturated heterocycles. The van der Waals surface area contributed by atoms with Crippen LogP contribution in [0, 0.1) is 23.6 Å². The summed E-state index contributed by atoms with van der Waals surface area (Å²) in [7, 11) is 0. The fourth-order valence-electron chi connectivity index (χ4n) is 7.61. The molecule has 2 bridgehead atoms. The highest BCUT2D eigenvalue weighted by Crippen LogP contribution is 2.63. The van der Waals surface area contributed by atoms with Crippen LogP contribution < -0.4 is 10.2 Å². The smallest absolute Gasteiger partial charge is 0.253 e. The van der Waals surface area contributed by atoms with Crippen molar-refractivity contribution in [2.75, 3.05) is 36.4 Å². The highest BCUT2D eigenvalue weighted by Gasteiger charge is 2.53. The average Bonchev–Trinajstić information content (AvgIpc) is 3.56. The van der Waals surface area contributed by atoms with Gasteiger partial charge in [-0.25, -0.2) is 4.39 Å². The van der Waals surface area contributed by atoms with E-state index in [2.05, 4.69) is 52.7 Å². The number of hydrogen-bond acceptors (Lipinski definition) is 3. The number of nitrogens with one attached hydrogen (secondary N) is 1. The number of hydrogen-bond donors (Lipinski definition) is 1. The summed E-state index contributed by atoms with van der Waals surface area (Å²) in [4.78, 5) is 17.7.